The zero-order chi connectivity index (χ0) is 18.4. The smallest absolute Gasteiger partial charge is 0.223 e. The van der Waals surface area contributed by atoms with E-state index in [1.807, 2.05) is 44.9 Å². The van der Waals surface area contributed by atoms with Crippen LogP contribution in [0.25, 0.3) is 11.3 Å². The lowest BCUT2D eigenvalue weighted by molar-refractivity contribution is -0.116. The van der Waals surface area contributed by atoms with Crippen LogP contribution in [0.5, 0.6) is 0 Å². The van der Waals surface area contributed by atoms with Crippen LogP contribution in [-0.2, 0) is 16.0 Å². The van der Waals surface area contributed by atoms with Crippen molar-refractivity contribution in [1.29, 1.82) is 0 Å². The quantitative estimate of drug-likeness (QED) is 0.709. The van der Waals surface area contributed by atoms with E-state index in [-0.39, 0.29) is 18.0 Å². The molecular formula is C19H20N6O2. The summed E-state index contributed by atoms with van der Waals surface area (Å²) in [6.07, 6.45) is 6.56. The molecule has 0 bridgehead atoms. The fourth-order valence-electron chi connectivity index (χ4n) is 3.97. The van der Waals surface area contributed by atoms with Crippen LogP contribution < -0.4 is 4.90 Å². The lowest BCUT2D eigenvalue weighted by Crippen LogP contribution is -2.25. The Balaban J connectivity index is 1.42. The number of ether oxygens (including phenoxy) is 1. The van der Waals surface area contributed by atoms with E-state index in [0.29, 0.717) is 13.2 Å². The van der Waals surface area contributed by atoms with Gasteiger partial charge in [0.1, 0.15) is 11.7 Å². The number of benzene rings is 1. The van der Waals surface area contributed by atoms with Gasteiger partial charge in [0.05, 0.1) is 25.5 Å². The van der Waals surface area contributed by atoms with Gasteiger partial charge in [-0.1, -0.05) is 11.3 Å². The molecule has 2 aliphatic heterocycles. The number of hydrogen-bond acceptors (Lipinski definition) is 5. The summed E-state index contributed by atoms with van der Waals surface area (Å²) in [6, 6.07) is 8.21. The van der Waals surface area contributed by atoms with Crippen LogP contribution in [0.1, 0.15) is 24.6 Å². The molecule has 0 aliphatic carbocycles. The highest BCUT2D eigenvalue weighted by Crippen LogP contribution is 2.33. The minimum atomic E-state index is 0.0637. The Bertz CT molecular complexity index is 980. The summed E-state index contributed by atoms with van der Waals surface area (Å²) in [5, 5.41) is 13.1. The molecule has 0 spiro atoms. The van der Waals surface area contributed by atoms with Crippen LogP contribution in [0.2, 0.25) is 0 Å². The van der Waals surface area contributed by atoms with Gasteiger partial charge >= 0.3 is 0 Å². The molecule has 1 fully saturated rings. The van der Waals surface area contributed by atoms with Gasteiger partial charge in [0.2, 0.25) is 5.91 Å². The fraction of sp³-hybridized carbons (Fsp3) is 0.368. The van der Waals surface area contributed by atoms with Crippen LogP contribution in [0.3, 0.4) is 0 Å². The Morgan fingerprint density at radius 2 is 2.07 bits per heavy atom. The second-order valence-electron chi connectivity index (χ2n) is 7.01. The largest absolute Gasteiger partial charge is 0.377 e. The van der Waals surface area contributed by atoms with E-state index in [1.165, 1.54) is 5.56 Å². The van der Waals surface area contributed by atoms with Gasteiger partial charge in [-0.05, 0) is 30.2 Å². The SMILES string of the molecule is CC(=O)N1CCc2cc(-c3cn([C@@H]4COC[C@@H]4n4cccn4)nn3)ccc21. The lowest BCUT2D eigenvalue weighted by Gasteiger charge is -2.17. The van der Waals surface area contributed by atoms with Crippen molar-refractivity contribution in [3.63, 3.8) is 0 Å². The maximum atomic E-state index is 11.7. The van der Waals surface area contributed by atoms with E-state index in [0.717, 1.165) is 29.9 Å². The summed E-state index contributed by atoms with van der Waals surface area (Å²) in [6.45, 7) is 3.55. The topological polar surface area (TPSA) is 78.1 Å². The molecule has 3 aromatic rings. The maximum absolute atomic E-state index is 11.7. The van der Waals surface area contributed by atoms with Gasteiger partial charge in [0.25, 0.3) is 0 Å². The minimum Gasteiger partial charge on any atom is -0.377 e. The average Bonchev–Trinajstić information content (AvgIpc) is 3.47. The zero-order valence-corrected chi connectivity index (χ0v) is 15.0. The highest BCUT2D eigenvalue weighted by atomic mass is 16.5. The molecule has 8 nitrogen and oxygen atoms in total. The first-order chi connectivity index (χ1) is 13.2. The number of carbonyl (C=O) groups is 1. The predicted molar refractivity (Wildman–Crippen MR) is 98.3 cm³/mol. The third-order valence-electron chi connectivity index (χ3n) is 5.39. The first-order valence-electron chi connectivity index (χ1n) is 9.11. The van der Waals surface area contributed by atoms with Gasteiger partial charge in [-0.15, -0.1) is 5.10 Å². The second kappa shape index (κ2) is 6.31. The number of rotatable bonds is 3. The van der Waals surface area contributed by atoms with E-state index in [4.69, 9.17) is 4.74 Å². The summed E-state index contributed by atoms with van der Waals surface area (Å²) in [5.41, 5.74) is 4.02. The van der Waals surface area contributed by atoms with Crippen LogP contribution in [0.15, 0.2) is 42.9 Å². The lowest BCUT2D eigenvalue weighted by atomic mass is 10.1. The summed E-state index contributed by atoms with van der Waals surface area (Å²) in [7, 11) is 0. The van der Waals surface area contributed by atoms with Crippen LogP contribution in [0, 0.1) is 0 Å². The summed E-state index contributed by atoms with van der Waals surface area (Å²) >= 11 is 0. The van der Waals surface area contributed by atoms with Crippen LogP contribution in [0.4, 0.5) is 5.69 Å². The molecular weight excluding hydrogens is 344 g/mol. The molecule has 8 heteroatoms. The van der Waals surface area contributed by atoms with Crippen molar-refractivity contribution < 1.29 is 9.53 Å². The number of fused-ring (bicyclic) bond motifs is 1. The number of anilines is 1. The molecule has 1 saturated heterocycles. The third-order valence-corrected chi connectivity index (χ3v) is 5.39. The molecule has 2 aromatic heterocycles. The summed E-state index contributed by atoms with van der Waals surface area (Å²) in [4.78, 5) is 13.5. The minimum absolute atomic E-state index is 0.0637. The molecule has 0 N–H and O–H groups in total. The van der Waals surface area contributed by atoms with Gasteiger partial charge < -0.3 is 9.64 Å². The van der Waals surface area contributed by atoms with Gasteiger partial charge in [-0.3, -0.25) is 9.48 Å². The van der Waals surface area contributed by atoms with Crippen molar-refractivity contribution in [3.8, 4) is 11.3 Å². The number of nitrogens with zero attached hydrogens (tertiary/aromatic N) is 6. The molecule has 1 aromatic carbocycles. The Morgan fingerprint density at radius 3 is 2.85 bits per heavy atom. The molecule has 138 valence electrons. The van der Waals surface area contributed by atoms with Crippen molar-refractivity contribution in [1.82, 2.24) is 24.8 Å². The molecule has 2 aliphatic rings. The monoisotopic (exact) mass is 364 g/mol. The van der Waals surface area contributed by atoms with Crippen molar-refractivity contribution in [3.05, 3.63) is 48.4 Å². The van der Waals surface area contributed by atoms with Gasteiger partial charge in [0, 0.05) is 37.1 Å². The van der Waals surface area contributed by atoms with E-state index >= 15 is 0 Å². The van der Waals surface area contributed by atoms with Crippen molar-refractivity contribution in [2.75, 3.05) is 24.7 Å². The normalized spacial score (nSPS) is 21.6. The molecule has 0 saturated carbocycles. The molecule has 27 heavy (non-hydrogen) atoms. The zero-order valence-electron chi connectivity index (χ0n) is 15.0. The van der Waals surface area contributed by atoms with Crippen LogP contribution >= 0.6 is 0 Å². The number of amides is 1. The Labute approximate surface area is 156 Å². The first kappa shape index (κ1) is 16.2. The van der Waals surface area contributed by atoms with Gasteiger partial charge in [0.15, 0.2) is 0 Å². The highest BCUT2D eigenvalue weighted by Gasteiger charge is 2.32. The first-order valence-corrected chi connectivity index (χ1v) is 9.11. The number of carbonyl (C=O) groups excluding carboxylic acids is 1. The highest BCUT2D eigenvalue weighted by molar-refractivity contribution is 5.94. The van der Waals surface area contributed by atoms with E-state index in [2.05, 4.69) is 21.5 Å². The average molecular weight is 364 g/mol. The Hall–Kier alpha value is -3.00. The third kappa shape index (κ3) is 2.73. The summed E-state index contributed by atoms with van der Waals surface area (Å²) < 4.78 is 9.47. The summed E-state index contributed by atoms with van der Waals surface area (Å²) in [5.74, 6) is 0.0818. The number of aromatic nitrogens is 5. The number of hydrogen-bond donors (Lipinski definition) is 0. The van der Waals surface area contributed by atoms with E-state index < -0.39 is 0 Å². The fourth-order valence-corrected chi connectivity index (χ4v) is 3.97. The van der Waals surface area contributed by atoms with E-state index in [1.54, 1.807) is 13.1 Å². The predicted octanol–water partition coefficient (Wildman–Crippen LogP) is 1.86. The maximum Gasteiger partial charge on any atom is 0.223 e. The van der Waals surface area contributed by atoms with Gasteiger partial charge in [-0.25, -0.2) is 4.68 Å². The van der Waals surface area contributed by atoms with Crippen molar-refractivity contribution in [2.24, 2.45) is 0 Å². The van der Waals surface area contributed by atoms with Gasteiger partial charge in [-0.2, -0.15) is 5.10 Å². The van der Waals surface area contributed by atoms with Crippen molar-refractivity contribution >= 4 is 11.6 Å². The molecule has 4 heterocycles. The van der Waals surface area contributed by atoms with E-state index in [9.17, 15) is 4.79 Å². The molecule has 5 rings (SSSR count). The molecule has 0 unspecified atom stereocenters. The Kier molecular flexibility index (Phi) is 3.78. The standard InChI is InChI=1S/C19H20N6O2/c1-13(26)23-8-5-15-9-14(3-4-17(15)23)16-10-25(22-21-16)19-12-27-11-18(19)24-7-2-6-20-24/h2-4,6-7,9-10,18-19H,5,8,11-12H2,1H3/t18-,19+/m0/s1. The van der Waals surface area contributed by atoms with Crippen LogP contribution in [-0.4, -0.2) is 50.4 Å². The van der Waals surface area contributed by atoms with Crippen molar-refractivity contribution in [2.45, 2.75) is 25.4 Å². The Morgan fingerprint density at radius 1 is 1.22 bits per heavy atom. The molecule has 0 radical (unpaired) electrons. The second-order valence-corrected chi connectivity index (χ2v) is 7.01. The molecule has 2 atom stereocenters. The molecule has 1 amide bonds.